The fourth-order valence-corrected chi connectivity index (χ4v) is 1.61. The zero-order chi connectivity index (χ0) is 14.5. The highest BCUT2D eigenvalue weighted by Gasteiger charge is 2.11. The first-order valence-electron chi connectivity index (χ1n) is 5.88. The topological polar surface area (TPSA) is 97.4 Å². The highest BCUT2D eigenvalue weighted by atomic mass is 16.6. The zero-order valence-electron chi connectivity index (χ0n) is 10.8. The van der Waals surface area contributed by atoms with Crippen LogP contribution in [0.5, 0.6) is 0 Å². The van der Waals surface area contributed by atoms with Crippen LogP contribution in [0.1, 0.15) is 11.3 Å². The minimum absolute atomic E-state index is 0.0723. The minimum Gasteiger partial charge on any atom is -0.467 e. The summed E-state index contributed by atoms with van der Waals surface area (Å²) in [6.45, 7) is 2.00. The molecule has 0 radical (unpaired) electrons. The highest BCUT2D eigenvalue weighted by molar-refractivity contribution is 5.90. The molecule has 0 aliphatic heterocycles. The summed E-state index contributed by atoms with van der Waals surface area (Å²) in [4.78, 5) is 21.9. The van der Waals surface area contributed by atoms with Crippen molar-refractivity contribution in [3.8, 4) is 0 Å². The molecule has 0 saturated carbocycles. The summed E-state index contributed by atoms with van der Waals surface area (Å²) in [5.74, 6) is 0.621. The number of nitrogens with zero attached hydrogens (tertiary/aromatic N) is 1. The van der Waals surface area contributed by atoms with Gasteiger partial charge in [-0.3, -0.25) is 10.1 Å². The second-order valence-corrected chi connectivity index (χ2v) is 4.14. The lowest BCUT2D eigenvalue weighted by molar-refractivity contribution is -0.384. The number of furan rings is 1. The van der Waals surface area contributed by atoms with Crippen molar-refractivity contribution in [2.75, 3.05) is 5.32 Å². The number of nitrogens with one attached hydrogen (secondary N) is 2. The molecule has 2 N–H and O–H groups in total. The molecule has 0 bridgehead atoms. The molecule has 0 atom stereocenters. The summed E-state index contributed by atoms with van der Waals surface area (Å²) in [7, 11) is 0. The minimum atomic E-state index is -0.509. The van der Waals surface area contributed by atoms with Gasteiger partial charge in [0.1, 0.15) is 5.76 Å². The van der Waals surface area contributed by atoms with Crippen molar-refractivity contribution in [1.29, 1.82) is 0 Å². The van der Waals surface area contributed by atoms with E-state index in [0.717, 1.165) is 5.56 Å². The van der Waals surface area contributed by atoms with Gasteiger partial charge in [0.2, 0.25) is 0 Å². The molecule has 0 aliphatic rings. The summed E-state index contributed by atoms with van der Waals surface area (Å²) in [6, 6.07) is 7.30. The number of non-ortho nitro benzene ring substituents is 1. The Hall–Kier alpha value is -2.83. The quantitative estimate of drug-likeness (QED) is 0.662. The second-order valence-electron chi connectivity index (χ2n) is 4.14. The van der Waals surface area contributed by atoms with Crippen LogP contribution in [0.3, 0.4) is 0 Å². The van der Waals surface area contributed by atoms with E-state index in [4.69, 9.17) is 4.42 Å². The van der Waals surface area contributed by atoms with Gasteiger partial charge in [0.15, 0.2) is 0 Å². The Labute approximate surface area is 114 Å². The average molecular weight is 275 g/mol. The number of hydrogen-bond donors (Lipinski definition) is 2. The van der Waals surface area contributed by atoms with E-state index < -0.39 is 11.0 Å². The van der Waals surface area contributed by atoms with Crippen molar-refractivity contribution in [1.82, 2.24) is 5.32 Å². The van der Waals surface area contributed by atoms with Crippen LogP contribution in [0.15, 0.2) is 41.0 Å². The van der Waals surface area contributed by atoms with E-state index in [1.54, 1.807) is 25.1 Å². The zero-order valence-corrected chi connectivity index (χ0v) is 10.8. The monoisotopic (exact) mass is 275 g/mol. The van der Waals surface area contributed by atoms with Crippen molar-refractivity contribution in [2.24, 2.45) is 0 Å². The van der Waals surface area contributed by atoms with Crippen LogP contribution in [-0.2, 0) is 6.54 Å². The van der Waals surface area contributed by atoms with E-state index in [1.165, 1.54) is 18.4 Å². The van der Waals surface area contributed by atoms with Crippen molar-refractivity contribution < 1.29 is 14.1 Å². The van der Waals surface area contributed by atoms with Gasteiger partial charge < -0.3 is 15.1 Å². The molecule has 20 heavy (non-hydrogen) atoms. The van der Waals surface area contributed by atoms with Crippen LogP contribution in [0.25, 0.3) is 0 Å². The molecule has 0 spiro atoms. The number of aryl methyl sites for hydroxylation is 1. The molecule has 2 rings (SSSR count). The Morgan fingerprint density at radius 3 is 2.85 bits per heavy atom. The van der Waals surface area contributed by atoms with Gasteiger partial charge in [-0.15, -0.1) is 0 Å². The molecule has 2 aromatic rings. The van der Waals surface area contributed by atoms with Crippen molar-refractivity contribution in [3.63, 3.8) is 0 Å². The van der Waals surface area contributed by atoms with E-state index in [1.807, 2.05) is 0 Å². The van der Waals surface area contributed by atoms with Gasteiger partial charge in [-0.2, -0.15) is 0 Å². The van der Waals surface area contributed by atoms with Crippen LogP contribution in [0, 0.1) is 17.0 Å². The number of nitro groups is 1. The predicted octanol–water partition coefficient (Wildman–Crippen LogP) is 2.82. The van der Waals surface area contributed by atoms with E-state index in [-0.39, 0.29) is 12.2 Å². The van der Waals surface area contributed by atoms with E-state index >= 15 is 0 Å². The molecule has 7 nitrogen and oxygen atoms in total. The number of urea groups is 1. The average Bonchev–Trinajstić information content (AvgIpc) is 2.92. The van der Waals surface area contributed by atoms with Gasteiger partial charge in [-0.25, -0.2) is 4.79 Å². The summed E-state index contributed by atoms with van der Waals surface area (Å²) in [5.41, 5.74) is 1.07. The lowest BCUT2D eigenvalue weighted by Crippen LogP contribution is -2.28. The van der Waals surface area contributed by atoms with Gasteiger partial charge >= 0.3 is 6.03 Å². The maximum absolute atomic E-state index is 11.7. The van der Waals surface area contributed by atoms with Gasteiger partial charge in [-0.1, -0.05) is 6.07 Å². The predicted molar refractivity (Wildman–Crippen MR) is 72.4 cm³/mol. The number of hydrogen-bond acceptors (Lipinski definition) is 4. The van der Waals surface area contributed by atoms with E-state index in [9.17, 15) is 14.9 Å². The molecule has 1 aromatic heterocycles. The maximum Gasteiger partial charge on any atom is 0.319 e. The van der Waals surface area contributed by atoms with Crippen LogP contribution in [-0.4, -0.2) is 11.0 Å². The van der Waals surface area contributed by atoms with Crippen LogP contribution >= 0.6 is 0 Å². The van der Waals surface area contributed by atoms with Crippen LogP contribution < -0.4 is 10.6 Å². The Balaban J connectivity index is 2.00. The maximum atomic E-state index is 11.7. The van der Waals surface area contributed by atoms with Crippen molar-refractivity contribution in [2.45, 2.75) is 13.5 Å². The molecule has 104 valence electrons. The fourth-order valence-electron chi connectivity index (χ4n) is 1.61. The lowest BCUT2D eigenvalue weighted by Gasteiger charge is -2.09. The first kappa shape index (κ1) is 13.6. The van der Waals surface area contributed by atoms with Crippen LogP contribution in [0.4, 0.5) is 16.2 Å². The summed E-state index contributed by atoms with van der Waals surface area (Å²) >= 11 is 0. The first-order chi connectivity index (χ1) is 9.56. The van der Waals surface area contributed by atoms with Crippen molar-refractivity contribution in [3.05, 3.63) is 58.0 Å². The Bertz CT molecular complexity index is 623. The largest absolute Gasteiger partial charge is 0.467 e. The Morgan fingerprint density at radius 2 is 2.20 bits per heavy atom. The number of rotatable bonds is 4. The molecule has 7 heteroatoms. The van der Waals surface area contributed by atoms with E-state index in [0.29, 0.717) is 11.4 Å². The molecule has 0 aliphatic carbocycles. The lowest BCUT2D eigenvalue weighted by atomic mass is 10.2. The summed E-state index contributed by atoms with van der Waals surface area (Å²) in [5, 5.41) is 15.9. The summed E-state index contributed by atoms with van der Waals surface area (Å²) < 4.78 is 5.08. The van der Waals surface area contributed by atoms with Gasteiger partial charge in [-0.05, 0) is 24.6 Å². The third kappa shape index (κ3) is 3.35. The number of carbonyl (C=O) groups is 1. The molecule has 0 saturated heterocycles. The molecule has 0 unspecified atom stereocenters. The van der Waals surface area contributed by atoms with Crippen LogP contribution in [0.2, 0.25) is 0 Å². The molecular weight excluding hydrogens is 262 g/mol. The van der Waals surface area contributed by atoms with E-state index in [2.05, 4.69) is 10.6 Å². The SMILES string of the molecule is Cc1ccc([N+](=O)[O-])cc1NC(=O)NCc1ccco1. The van der Waals surface area contributed by atoms with Gasteiger partial charge in [0.25, 0.3) is 5.69 Å². The smallest absolute Gasteiger partial charge is 0.319 e. The van der Waals surface area contributed by atoms with Crippen molar-refractivity contribution >= 4 is 17.4 Å². The van der Waals surface area contributed by atoms with Gasteiger partial charge in [0.05, 0.1) is 23.4 Å². The molecule has 2 amide bonds. The third-order valence-corrected chi connectivity index (χ3v) is 2.68. The number of anilines is 1. The fraction of sp³-hybridized carbons (Fsp3) is 0.154. The standard InChI is InChI=1S/C13H13N3O4/c1-9-4-5-10(16(18)19)7-12(9)15-13(17)14-8-11-3-2-6-20-11/h2-7H,8H2,1H3,(H2,14,15,17). The molecule has 0 fully saturated rings. The highest BCUT2D eigenvalue weighted by Crippen LogP contribution is 2.21. The number of nitro benzene ring substituents is 1. The number of benzene rings is 1. The second kappa shape index (κ2) is 5.87. The number of amides is 2. The normalized spacial score (nSPS) is 10.1. The van der Waals surface area contributed by atoms with Gasteiger partial charge in [0, 0.05) is 12.1 Å². The molecule has 1 heterocycles. The summed E-state index contributed by atoms with van der Waals surface area (Å²) in [6.07, 6.45) is 1.51. The molecule has 1 aromatic carbocycles. The molecular formula is C13H13N3O4. The number of carbonyl (C=O) groups excluding carboxylic acids is 1. The Morgan fingerprint density at radius 1 is 1.40 bits per heavy atom. The Kier molecular flexibility index (Phi) is 3.99. The third-order valence-electron chi connectivity index (χ3n) is 2.68. The first-order valence-corrected chi connectivity index (χ1v) is 5.88.